The molecule has 0 atom stereocenters. The number of benzene rings is 2. The van der Waals surface area contributed by atoms with Gasteiger partial charge < -0.3 is 9.47 Å². The molecule has 5 nitrogen and oxygen atoms in total. The van der Waals surface area contributed by atoms with E-state index >= 15 is 0 Å². The molecule has 2 aromatic rings. The highest BCUT2D eigenvalue weighted by Gasteiger charge is 2.22. The first-order valence-corrected chi connectivity index (χ1v) is 8.12. The zero-order chi connectivity index (χ0) is 16.3. The summed E-state index contributed by atoms with van der Waals surface area (Å²) in [6.07, 6.45) is 0. The standard InChI is InChI=1S/C16H19NO4S/c1-12-5-8-14(9-6-12)22(18,19)17(2)13-7-10-15(20-3)16(11-13)21-4/h5-11H,1-4H3. The van der Waals surface area contributed by atoms with Gasteiger partial charge in [0.05, 0.1) is 24.8 Å². The Morgan fingerprint density at radius 1 is 0.909 bits per heavy atom. The first-order valence-electron chi connectivity index (χ1n) is 6.67. The number of sulfonamides is 1. The molecule has 0 unspecified atom stereocenters. The van der Waals surface area contributed by atoms with Crippen LogP contribution in [0.5, 0.6) is 11.5 Å². The second-order valence-corrected chi connectivity index (χ2v) is 6.79. The maximum absolute atomic E-state index is 12.7. The molecule has 118 valence electrons. The maximum Gasteiger partial charge on any atom is 0.264 e. The topological polar surface area (TPSA) is 55.8 Å². The van der Waals surface area contributed by atoms with Gasteiger partial charge in [-0.25, -0.2) is 8.42 Å². The molecule has 0 bridgehead atoms. The van der Waals surface area contributed by atoms with Crippen molar-refractivity contribution in [2.45, 2.75) is 11.8 Å². The number of hydrogen-bond acceptors (Lipinski definition) is 4. The van der Waals surface area contributed by atoms with Gasteiger partial charge in [0.15, 0.2) is 11.5 Å². The van der Waals surface area contributed by atoms with Crippen LogP contribution in [0.3, 0.4) is 0 Å². The number of nitrogens with zero attached hydrogens (tertiary/aromatic N) is 1. The Kier molecular flexibility index (Phi) is 4.61. The van der Waals surface area contributed by atoms with E-state index in [0.717, 1.165) is 5.56 Å². The molecule has 6 heteroatoms. The van der Waals surface area contributed by atoms with Crippen LogP contribution in [-0.2, 0) is 10.0 Å². The first kappa shape index (κ1) is 16.2. The third-order valence-corrected chi connectivity index (χ3v) is 5.21. The fraction of sp³-hybridized carbons (Fsp3) is 0.250. The lowest BCUT2D eigenvalue weighted by atomic mass is 10.2. The molecule has 0 aliphatic heterocycles. The van der Waals surface area contributed by atoms with Crippen molar-refractivity contribution in [3.8, 4) is 11.5 Å². The third-order valence-electron chi connectivity index (χ3n) is 3.41. The quantitative estimate of drug-likeness (QED) is 0.850. The summed E-state index contributed by atoms with van der Waals surface area (Å²) in [7, 11) is 0.936. The van der Waals surface area contributed by atoms with Crippen molar-refractivity contribution >= 4 is 15.7 Å². The Morgan fingerprint density at radius 3 is 2.05 bits per heavy atom. The number of methoxy groups -OCH3 is 2. The molecule has 0 spiro atoms. The van der Waals surface area contributed by atoms with Crippen LogP contribution in [0.2, 0.25) is 0 Å². The lowest BCUT2D eigenvalue weighted by Crippen LogP contribution is -2.26. The monoisotopic (exact) mass is 321 g/mol. The number of ether oxygens (including phenoxy) is 2. The van der Waals surface area contributed by atoms with Gasteiger partial charge in [0.2, 0.25) is 0 Å². The van der Waals surface area contributed by atoms with Crippen LogP contribution < -0.4 is 13.8 Å². The molecule has 0 fully saturated rings. The average Bonchev–Trinajstić information content (AvgIpc) is 2.53. The van der Waals surface area contributed by atoms with Crippen LogP contribution in [-0.4, -0.2) is 29.7 Å². The Morgan fingerprint density at radius 2 is 1.50 bits per heavy atom. The van der Waals surface area contributed by atoms with E-state index in [1.54, 1.807) is 42.5 Å². The van der Waals surface area contributed by atoms with E-state index < -0.39 is 10.0 Å². The summed E-state index contributed by atoms with van der Waals surface area (Å²) in [5.41, 5.74) is 1.51. The lowest BCUT2D eigenvalue weighted by Gasteiger charge is -2.21. The van der Waals surface area contributed by atoms with E-state index in [-0.39, 0.29) is 4.90 Å². The van der Waals surface area contributed by atoms with Crippen molar-refractivity contribution in [1.82, 2.24) is 0 Å². The number of anilines is 1. The summed E-state index contributed by atoms with van der Waals surface area (Å²) < 4.78 is 36.9. The smallest absolute Gasteiger partial charge is 0.264 e. The number of hydrogen-bond donors (Lipinski definition) is 0. The minimum Gasteiger partial charge on any atom is -0.493 e. The van der Waals surface area contributed by atoms with Crippen LogP contribution in [0.4, 0.5) is 5.69 Å². The van der Waals surface area contributed by atoms with E-state index in [1.807, 2.05) is 6.92 Å². The second kappa shape index (κ2) is 6.27. The van der Waals surface area contributed by atoms with Gasteiger partial charge in [-0.1, -0.05) is 17.7 Å². The molecular formula is C16H19NO4S. The zero-order valence-electron chi connectivity index (χ0n) is 13.0. The van der Waals surface area contributed by atoms with Gasteiger partial charge in [0.1, 0.15) is 0 Å². The van der Waals surface area contributed by atoms with Crippen molar-refractivity contribution in [1.29, 1.82) is 0 Å². The van der Waals surface area contributed by atoms with E-state index in [9.17, 15) is 8.42 Å². The number of aryl methyl sites for hydroxylation is 1. The first-order chi connectivity index (χ1) is 10.4. The van der Waals surface area contributed by atoms with Crippen molar-refractivity contribution < 1.29 is 17.9 Å². The maximum atomic E-state index is 12.7. The van der Waals surface area contributed by atoms with Gasteiger partial charge in [0.25, 0.3) is 10.0 Å². The molecule has 22 heavy (non-hydrogen) atoms. The average molecular weight is 321 g/mol. The summed E-state index contributed by atoms with van der Waals surface area (Å²) in [5.74, 6) is 1.03. The highest BCUT2D eigenvalue weighted by molar-refractivity contribution is 7.92. The Balaban J connectivity index is 2.42. The minimum absolute atomic E-state index is 0.246. The van der Waals surface area contributed by atoms with Crippen molar-refractivity contribution in [3.05, 3.63) is 48.0 Å². The van der Waals surface area contributed by atoms with Crippen molar-refractivity contribution in [2.75, 3.05) is 25.6 Å². The van der Waals surface area contributed by atoms with Gasteiger partial charge in [-0.2, -0.15) is 0 Å². The van der Waals surface area contributed by atoms with Gasteiger partial charge >= 0.3 is 0 Å². The summed E-state index contributed by atoms with van der Waals surface area (Å²) >= 11 is 0. The molecule has 0 N–H and O–H groups in total. The van der Waals surface area contributed by atoms with E-state index in [0.29, 0.717) is 17.2 Å². The fourth-order valence-electron chi connectivity index (χ4n) is 2.03. The fourth-order valence-corrected chi connectivity index (χ4v) is 3.22. The summed E-state index contributed by atoms with van der Waals surface area (Å²) in [6.45, 7) is 1.91. The van der Waals surface area contributed by atoms with E-state index in [4.69, 9.17) is 9.47 Å². The summed E-state index contributed by atoms with van der Waals surface area (Å²) in [4.78, 5) is 0.246. The van der Waals surface area contributed by atoms with Crippen molar-refractivity contribution in [2.24, 2.45) is 0 Å². The van der Waals surface area contributed by atoms with Crippen LogP contribution >= 0.6 is 0 Å². The van der Waals surface area contributed by atoms with Crippen LogP contribution in [0.25, 0.3) is 0 Å². The Labute approximate surface area is 131 Å². The van der Waals surface area contributed by atoms with Gasteiger partial charge in [-0.05, 0) is 31.2 Å². The molecule has 2 aromatic carbocycles. The molecule has 0 aliphatic rings. The molecule has 0 amide bonds. The molecule has 0 aromatic heterocycles. The van der Waals surface area contributed by atoms with Crippen LogP contribution in [0.1, 0.15) is 5.56 Å². The normalized spacial score (nSPS) is 11.1. The summed E-state index contributed by atoms with van der Waals surface area (Å²) in [5, 5.41) is 0. The van der Waals surface area contributed by atoms with Crippen molar-refractivity contribution in [3.63, 3.8) is 0 Å². The largest absolute Gasteiger partial charge is 0.493 e. The van der Waals surface area contributed by atoms with E-state index in [1.165, 1.54) is 25.6 Å². The molecule has 0 aliphatic carbocycles. The Hall–Kier alpha value is -2.21. The SMILES string of the molecule is COc1ccc(N(C)S(=O)(=O)c2ccc(C)cc2)cc1OC. The molecule has 0 heterocycles. The lowest BCUT2D eigenvalue weighted by molar-refractivity contribution is 0.355. The third kappa shape index (κ3) is 3.01. The zero-order valence-corrected chi connectivity index (χ0v) is 13.8. The van der Waals surface area contributed by atoms with E-state index in [2.05, 4.69) is 0 Å². The molecule has 0 radical (unpaired) electrons. The predicted molar refractivity (Wildman–Crippen MR) is 86.3 cm³/mol. The van der Waals surface area contributed by atoms with Gasteiger partial charge in [-0.3, -0.25) is 4.31 Å². The highest BCUT2D eigenvalue weighted by atomic mass is 32.2. The predicted octanol–water partition coefficient (Wildman–Crippen LogP) is 2.84. The van der Waals surface area contributed by atoms with Crippen LogP contribution in [0, 0.1) is 6.92 Å². The highest BCUT2D eigenvalue weighted by Crippen LogP contribution is 2.32. The summed E-state index contributed by atoms with van der Waals surface area (Å²) in [6, 6.07) is 11.7. The molecule has 0 saturated heterocycles. The minimum atomic E-state index is -3.62. The van der Waals surface area contributed by atoms with Gasteiger partial charge in [0, 0.05) is 13.1 Å². The number of rotatable bonds is 5. The molecule has 2 rings (SSSR count). The second-order valence-electron chi connectivity index (χ2n) is 4.82. The van der Waals surface area contributed by atoms with Crippen LogP contribution in [0.15, 0.2) is 47.4 Å². The Bertz CT molecular complexity index is 754. The van der Waals surface area contributed by atoms with Gasteiger partial charge in [-0.15, -0.1) is 0 Å². The molecule has 0 saturated carbocycles. The molecular weight excluding hydrogens is 302 g/mol.